The SMILES string of the molecule is CC(C)C(=O)NCC(=O)N1CCC(COc2cnc(Br)cn2)CC1. The van der Waals surface area contributed by atoms with Crippen LogP contribution in [0, 0.1) is 11.8 Å². The molecule has 1 aliphatic rings. The zero-order chi connectivity index (χ0) is 17.5. The molecule has 0 saturated carbocycles. The molecule has 1 saturated heterocycles. The van der Waals surface area contributed by atoms with Crippen molar-refractivity contribution < 1.29 is 14.3 Å². The molecular formula is C16H23BrN4O3. The Labute approximate surface area is 150 Å². The van der Waals surface area contributed by atoms with Crippen LogP contribution in [0.25, 0.3) is 0 Å². The topological polar surface area (TPSA) is 84.4 Å². The Hall–Kier alpha value is -1.70. The first-order valence-corrected chi connectivity index (χ1v) is 8.91. The number of hydrogen-bond acceptors (Lipinski definition) is 5. The summed E-state index contributed by atoms with van der Waals surface area (Å²) in [5.74, 6) is 0.671. The number of amides is 2. The summed E-state index contributed by atoms with van der Waals surface area (Å²) < 4.78 is 6.32. The molecule has 0 spiro atoms. The van der Waals surface area contributed by atoms with Crippen molar-refractivity contribution in [1.82, 2.24) is 20.2 Å². The van der Waals surface area contributed by atoms with E-state index in [1.807, 2.05) is 0 Å². The molecule has 0 unspecified atom stereocenters. The molecule has 24 heavy (non-hydrogen) atoms. The van der Waals surface area contributed by atoms with Crippen LogP contribution in [0.15, 0.2) is 17.0 Å². The third-order valence-corrected chi connectivity index (χ3v) is 4.38. The Bertz CT molecular complexity index is 557. The highest BCUT2D eigenvalue weighted by Crippen LogP contribution is 2.18. The number of nitrogens with one attached hydrogen (secondary N) is 1. The van der Waals surface area contributed by atoms with Crippen LogP contribution in [0.4, 0.5) is 0 Å². The van der Waals surface area contributed by atoms with Crippen LogP contribution in [0.1, 0.15) is 26.7 Å². The van der Waals surface area contributed by atoms with Gasteiger partial charge in [0.1, 0.15) is 4.60 Å². The minimum Gasteiger partial charge on any atom is -0.476 e. The number of ether oxygens (including phenoxy) is 1. The lowest BCUT2D eigenvalue weighted by atomic mass is 9.98. The second-order valence-electron chi connectivity index (χ2n) is 6.19. The van der Waals surface area contributed by atoms with Gasteiger partial charge in [-0.2, -0.15) is 0 Å². The van der Waals surface area contributed by atoms with E-state index in [-0.39, 0.29) is 24.3 Å². The van der Waals surface area contributed by atoms with Crippen molar-refractivity contribution in [2.45, 2.75) is 26.7 Å². The first-order chi connectivity index (χ1) is 11.5. The molecule has 1 aromatic heterocycles. The molecular weight excluding hydrogens is 376 g/mol. The van der Waals surface area contributed by atoms with Gasteiger partial charge >= 0.3 is 0 Å². The van der Waals surface area contributed by atoms with Gasteiger partial charge in [0.2, 0.25) is 17.7 Å². The van der Waals surface area contributed by atoms with Crippen molar-refractivity contribution in [3.05, 3.63) is 17.0 Å². The highest BCUT2D eigenvalue weighted by atomic mass is 79.9. The van der Waals surface area contributed by atoms with Crippen LogP contribution >= 0.6 is 15.9 Å². The fraction of sp³-hybridized carbons (Fsp3) is 0.625. The molecule has 2 amide bonds. The molecule has 1 aliphatic heterocycles. The lowest BCUT2D eigenvalue weighted by Crippen LogP contribution is -2.45. The third-order valence-electron chi connectivity index (χ3n) is 3.97. The highest BCUT2D eigenvalue weighted by Gasteiger charge is 2.23. The second-order valence-corrected chi connectivity index (χ2v) is 7.00. The van der Waals surface area contributed by atoms with Crippen LogP contribution in [-0.4, -0.2) is 52.9 Å². The first-order valence-electron chi connectivity index (χ1n) is 8.11. The number of likely N-dealkylation sites (tertiary alicyclic amines) is 1. The monoisotopic (exact) mass is 398 g/mol. The highest BCUT2D eigenvalue weighted by molar-refractivity contribution is 9.10. The van der Waals surface area contributed by atoms with Crippen LogP contribution < -0.4 is 10.1 Å². The molecule has 8 heteroatoms. The number of carbonyl (C=O) groups is 2. The van der Waals surface area contributed by atoms with Crippen LogP contribution in [-0.2, 0) is 9.59 Å². The largest absolute Gasteiger partial charge is 0.476 e. The third kappa shape index (κ3) is 5.74. The lowest BCUT2D eigenvalue weighted by molar-refractivity contribution is -0.134. The van der Waals surface area contributed by atoms with Crippen molar-refractivity contribution in [2.24, 2.45) is 11.8 Å². The molecule has 0 aromatic carbocycles. The van der Waals surface area contributed by atoms with Gasteiger partial charge in [-0.05, 0) is 34.7 Å². The van der Waals surface area contributed by atoms with Gasteiger partial charge in [-0.15, -0.1) is 0 Å². The Morgan fingerprint density at radius 1 is 1.33 bits per heavy atom. The summed E-state index contributed by atoms with van der Waals surface area (Å²) in [6.07, 6.45) is 4.95. The maximum Gasteiger partial charge on any atom is 0.241 e. The Balaban J connectivity index is 1.68. The predicted octanol–water partition coefficient (Wildman–Crippen LogP) is 1.63. The van der Waals surface area contributed by atoms with Gasteiger partial charge in [-0.1, -0.05) is 13.8 Å². The average molecular weight is 399 g/mol. The standard InChI is InChI=1S/C16H23BrN4O3/c1-11(2)16(23)20-9-15(22)21-5-3-12(4-6-21)10-24-14-8-18-13(17)7-19-14/h7-8,11-12H,3-6,9-10H2,1-2H3,(H,20,23). The number of carbonyl (C=O) groups excluding carboxylic acids is 2. The van der Waals surface area contributed by atoms with Crippen LogP contribution in [0.5, 0.6) is 5.88 Å². The number of piperidine rings is 1. The summed E-state index contributed by atoms with van der Waals surface area (Å²) in [4.78, 5) is 33.6. The van der Waals surface area contributed by atoms with E-state index in [9.17, 15) is 9.59 Å². The van der Waals surface area contributed by atoms with E-state index in [2.05, 4.69) is 31.2 Å². The zero-order valence-electron chi connectivity index (χ0n) is 14.0. The van der Waals surface area contributed by atoms with Gasteiger partial charge in [-0.25, -0.2) is 9.97 Å². The maximum absolute atomic E-state index is 12.1. The van der Waals surface area contributed by atoms with E-state index in [4.69, 9.17) is 4.74 Å². The number of halogens is 1. The van der Waals surface area contributed by atoms with E-state index in [1.165, 1.54) is 0 Å². The summed E-state index contributed by atoms with van der Waals surface area (Å²) in [6, 6.07) is 0. The number of hydrogen-bond donors (Lipinski definition) is 1. The van der Waals surface area contributed by atoms with Crippen molar-refractivity contribution in [2.75, 3.05) is 26.2 Å². The Morgan fingerprint density at radius 2 is 2.04 bits per heavy atom. The molecule has 132 valence electrons. The van der Waals surface area contributed by atoms with Crippen molar-refractivity contribution >= 4 is 27.7 Å². The van der Waals surface area contributed by atoms with E-state index >= 15 is 0 Å². The fourth-order valence-electron chi connectivity index (χ4n) is 2.41. The quantitative estimate of drug-likeness (QED) is 0.786. The molecule has 0 bridgehead atoms. The fourth-order valence-corrected chi connectivity index (χ4v) is 2.61. The Kier molecular flexibility index (Phi) is 6.96. The molecule has 1 aromatic rings. The van der Waals surface area contributed by atoms with Crippen molar-refractivity contribution in [3.8, 4) is 5.88 Å². The summed E-state index contributed by atoms with van der Waals surface area (Å²) in [6.45, 7) is 5.64. The molecule has 1 fully saturated rings. The molecule has 2 heterocycles. The Morgan fingerprint density at radius 3 is 2.62 bits per heavy atom. The lowest BCUT2D eigenvalue weighted by Gasteiger charge is -2.31. The molecule has 2 rings (SSSR count). The van der Waals surface area contributed by atoms with Gasteiger partial charge in [0.25, 0.3) is 0 Å². The maximum atomic E-state index is 12.1. The molecule has 1 N–H and O–H groups in total. The smallest absolute Gasteiger partial charge is 0.241 e. The normalized spacial score (nSPS) is 15.4. The average Bonchev–Trinajstić information content (AvgIpc) is 2.59. The summed E-state index contributed by atoms with van der Waals surface area (Å²) in [5, 5.41) is 2.67. The first kappa shape index (κ1) is 18.6. The number of aromatic nitrogens is 2. The summed E-state index contributed by atoms with van der Waals surface area (Å²) in [7, 11) is 0. The molecule has 0 radical (unpaired) electrons. The minimum atomic E-state index is -0.109. The summed E-state index contributed by atoms with van der Waals surface area (Å²) >= 11 is 3.23. The minimum absolute atomic E-state index is 0.0258. The predicted molar refractivity (Wildman–Crippen MR) is 92.4 cm³/mol. The molecule has 0 atom stereocenters. The van der Waals surface area contributed by atoms with E-state index in [1.54, 1.807) is 31.1 Å². The van der Waals surface area contributed by atoms with Crippen molar-refractivity contribution in [3.63, 3.8) is 0 Å². The number of nitrogens with zero attached hydrogens (tertiary/aromatic N) is 3. The van der Waals surface area contributed by atoms with Gasteiger partial charge in [0, 0.05) is 19.0 Å². The molecule has 7 nitrogen and oxygen atoms in total. The second kappa shape index (κ2) is 8.96. The van der Waals surface area contributed by atoms with Crippen LogP contribution in [0.2, 0.25) is 0 Å². The van der Waals surface area contributed by atoms with Gasteiger partial charge < -0.3 is 15.0 Å². The van der Waals surface area contributed by atoms with E-state index in [0.717, 1.165) is 12.8 Å². The molecule has 0 aliphatic carbocycles. The van der Waals surface area contributed by atoms with E-state index < -0.39 is 0 Å². The van der Waals surface area contributed by atoms with Gasteiger partial charge in [0.05, 0.1) is 25.5 Å². The van der Waals surface area contributed by atoms with Gasteiger partial charge in [-0.3, -0.25) is 9.59 Å². The zero-order valence-corrected chi connectivity index (χ0v) is 15.6. The number of rotatable bonds is 6. The van der Waals surface area contributed by atoms with Crippen LogP contribution in [0.3, 0.4) is 0 Å². The van der Waals surface area contributed by atoms with E-state index in [0.29, 0.717) is 36.1 Å². The van der Waals surface area contributed by atoms with Crippen molar-refractivity contribution in [1.29, 1.82) is 0 Å². The summed E-state index contributed by atoms with van der Waals surface area (Å²) in [5.41, 5.74) is 0. The van der Waals surface area contributed by atoms with Gasteiger partial charge in [0.15, 0.2) is 0 Å².